The number of benzene rings is 2. The van der Waals surface area contributed by atoms with Crippen molar-refractivity contribution in [3.05, 3.63) is 95.3 Å². The molecule has 17 heteroatoms. The van der Waals surface area contributed by atoms with Crippen molar-refractivity contribution >= 4 is 36.8 Å². The zero-order valence-corrected chi connectivity index (χ0v) is 48.4. The quantitative estimate of drug-likeness (QED) is 0.0363. The molecule has 2 aliphatic heterocycles. The fraction of sp³-hybridized carbons (Fsp3) is 0.627. The van der Waals surface area contributed by atoms with Crippen molar-refractivity contribution in [3.63, 3.8) is 0 Å². The average Bonchev–Trinajstić information content (AvgIpc) is 4.20. The Morgan fingerprint density at radius 3 is 1.84 bits per heavy atom. The molecule has 7 rings (SSSR count). The Balaban J connectivity index is 0.000000894. The SMILES string of the molecule is C=O.CC.CC1Cc2ccccc2C1.CCCCC(=O)N1CCCC1CC.CNC(/C(N)=C/N(N)C1C=CC1)c1ccccc1.CNC(C)C(N)=O.CNCC(=O)NC(C)C1CCCCC1.NC(=O)C1CCCN1C=O. The highest BCUT2D eigenvalue weighted by Gasteiger charge is 2.28. The summed E-state index contributed by atoms with van der Waals surface area (Å²) in [6.07, 6.45) is 24.9. The Hall–Kier alpha value is -5.62. The molecule has 76 heavy (non-hydrogen) atoms. The van der Waals surface area contributed by atoms with Gasteiger partial charge in [0.05, 0.1) is 24.7 Å². The first-order valence-corrected chi connectivity index (χ1v) is 28.0. The summed E-state index contributed by atoms with van der Waals surface area (Å²) in [6.45, 7) is 18.6. The number of unbranched alkanes of at least 4 members (excludes halogenated alkanes) is 1. The van der Waals surface area contributed by atoms with Crippen LogP contribution in [0.2, 0.25) is 0 Å². The van der Waals surface area contributed by atoms with Crippen LogP contribution in [0, 0.1) is 11.8 Å². The largest absolute Gasteiger partial charge is 0.399 e. The van der Waals surface area contributed by atoms with E-state index in [9.17, 15) is 24.0 Å². The van der Waals surface area contributed by atoms with Crippen molar-refractivity contribution in [2.75, 3.05) is 40.8 Å². The predicted octanol–water partition coefficient (Wildman–Crippen LogP) is 6.55. The van der Waals surface area contributed by atoms with Gasteiger partial charge in [0, 0.05) is 43.5 Å². The molecule has 5 aliphatic rings. The molecule has 0 aromatic heterocycles. The van der Waals surface area contributed by atoms with Gasteiger partial charge >= 0.3 is 0 Å². The number of nitrogens with zero attached hydrogens (tertiary/aromatic N) is 3. The van der Waals surface area contributed by atoms with Crippen LogP contribution in [0.1, 0.15) is 161 Å². The van der Waals surface area contributed by atoms with E-state index in [0.29, 0.717) is 55.5 Å². The van der Waals surface area contributed by atoms with Gasteiger partial charge in [0.2, 0.25) is 30.0 Å². The van der Waals surface area contributed by atoms with Crippen LogP contribution in [-0.4, -0.2) is 123 Å². The number of nitrogens with two attached hydrogens (primary N) is 4. The molecule has 1 saturated carbocycles. The lowest BCUT2D eigenvalue weighted by Gasteiger charge is -2.29. The van der Waals surface area contributed by atoms with Crippen LogP contribution in [0.5, 0.6) is 0 Å². The van der Waals surface area contributed by atoms with E-state index in [0.717, 1.165) is 56.6 Å². The molecular weight excluding hydrogens is 959 g/mol. The number of hydrogen-bond donors (Lipinski definition) is 8. The molecule has 2 heterocycles. The minimum absolute atomic E-state index is 0.0127. The van der Waals surface area contributed by atoms with Crippen LogP contribution in [0.3, 0.4) is 0 Å². The summed E-state index contributed by atoms with van der Waals surface area (Å²) >= 11 is 0. The number of amides is 5. The molecule has 3 fully saturated rings. The van der Waals surface area contributed by atoms with Gasteiger partial charge in [-0.2, -0.15) is 0 Å². The van der Waals surface area contributed by atoms with Crippen LogP contribution in [0.15, 0.2) is 78.6 Å². The Morgan fingerprint density at radius 2 is 1.39 bits per heavy atom. The van der Waals surface area contributed by atoms with Crippen molar-refractivity contribution in [2.45, 2.75) is 187 Å². The predicted molar refractivity (Wildman–Crippen MR) is 311 cm³/mol. The Labute approximate surface area is 458 Å². The molecule has 12 N–H and O–H groups in total. The minimum Gasteiger partial charge on any atom is -0.399 e. The molecule has 0 bridgehead atoms. The van der Waals surface area contributed by atoms with Crippen molar-refractivity contribution in [3.8, 4) is 0 Å². The van der Waals surface area contributed by atoms with Crippen LogP contribution in [-0.2, 0) is 41.6 Å². The molecule has 0 spiro atoms. The summed E-state index contributed by atoms with van der Waals surface area (Å²) in [6, 6.07) is 19.5. The molecule has 2 aromatic rings. The van der Waals surface area contributed by atoms with Gasteiger partial charge in [-0.1, -0.05) is 127 Å². The van der Waals surface area contributed by atoms with Crippen LogP contribution < -0.4 is 44.3 Å². The van der Waals surface area contributed by atoms with Gasteiger partial charge in [-0.3, -0.25) is 24.0 Å². The van der Waals surface area contributed by atoms with E-state index in [4.69, 9.17) is 27.8 Å². The summed E-state index contributed by atoms with van der Waals surface area (Å²) in [4.78, 5) is 65.5. The summed E-state index contributed by atoms with van der Waals surface area (Å²) in [5.41, 5.74) is 21.0. The number of nitrogens with one attached hydrogen (secondary N) is 4. The standard InChI is InChI=1S/C14H20N4.C11H22N2O.C11H21NO.C10H12.C6H10N2O2.C4H10N2O.C2H6.CH2O/c1-17-14(11-6-3-2-4-7-11)13(15)10-18(16)12-8-5-9-12;1-9(13-11(14)8-12-2)10-6-4-3-5-7-10;1-3-5-8-11(13)12-9-6-7-10(12)4-2;1-8-6-9-4-2-3-5-10(9)7-8;7-6(10)5-2-1-3-8(5)4-9;1-3(6-2)4(5)7;2*1-2/h2-8,10,12,14,17H,9,15-16H2,1H3;9-10,12H,3-8H2,1-2H3,(H,13,14);10H,3-9H2,1-2H3;2-5,8H,6-7H2,1H3;4-5H,1-3H2,(H2,7,10);3,6H,1-2H3,(H2,5,7);1-2H3;1H2/b13-10-;;;;;;;. The van der Waals surface area contributed by atoms with Gasteiger partial charge in [-0.05, 0) is 134 Å². The van der Waals surface area contributed by atoms with Gasteiger partial charge in [0.25, 0.3) is 0 Å². The first-order chi connectivity index (χ1) is 36.5. The molecule has 2 saturated heterocycles. The van der Waals surface area contributed by atoms with Crippen molar-refractivity contribution in [1.29, 1.82) is 0 Å². The normalized spacial score (nSPS) is 19.3. The van der Waals surface area contributed by atoms with Gasteiger partial charge in [-0.25, -0.2) is 5.84 Å². The summed E-state index contributed by atoms with van der Waals surface area (Å²) in [5, 5.41) is 13.5. The topological polar surface area (TPSA) is 264 Å². The maximum Gasteiger partial charge on any atom is 0.240 e. The molecule has 6 atom stereocenters. The molecule has 3 aliphatic carbocycles. The highest BCUT2D eigenvalue weighted by Crippen LogP contribution is 2.27. The summed E-state index contributed by atoms with van der Waals surface area (Å²) in [7, 11) is 5.38. The molecule has 17 nitrogen and oxygen atoms in total. The lowest BCUT2D eigenvalue weighted by molar-refractivity contribution is -0.132. The number of likely N-dealkylation sites (N-methyl/N-ethyl adjacent to an activating group) is 3. The zero-order valence-electron chi connectivity index (χ0n) is 48.4. The maximum absolute atomic E-state index is 11.7. The molecule has 430 valence electrons. The van der Waals surface area contributed by atoms with Gasteiger partial charge in [0.15, 0.2) is 0 Å². The molecule has 5 amide bonds. The number of rotatable bonds is 17. The third-order valence-electron chi connectivity index (χ3n) is 14.0. The Morgan fingerprint density at radius 1 is 0.816 bits per heavy atom. The van der Waals surface area contributed by atoms with Crippen molar-refractivity contribution < 1.29 is 28.8 Å². The number of fused-ring (bicyclic) bond motifs is 1. The van der Waals surface area contributed by atoms with Gasteiger partial charge in [-0.15, -0.1) is 0 Å². The van der Waals surface area contributed by atoms with Gasteiger partial charge in [0.1, 0.15) is 12.8 Å². The lowest BCUT2D eigenvalue weighted by Crippen LogP contribution is -2.42. The van der Waals surface area contributed by atoms with Crippen molar-refractivity contribution in [2.24, 2.45) is 34.9 Å². The maximum atomic E-state index is 11.7. The van der Waals surface area contributed by atoms with E-state index in [2.05, 4.69) is 90.3 Å². The van der Waals surface area contributed by atoms with E-state index in [1.54, 1.807) is 37.2 Å². The number of primary amides is 2. The molecular formula is C59H103N11O6. The first-order valence-electron chi connectivity index (χ1n) is 28.0. The van der Waals surface area contributed by atoms with Crippen LogP contribution in [0.25, 0.3) is 0 Å². The number of carbonyl (C=O) groups excluding carboxylic acids is 6. The smallest absolute Gasteiger partial charge is 0.240 e. The second-order valence-electron chi connectivity index (χ2n) is 19.7. The average molecular weight is 1060 g/mol. The number of carbonyl (C=O) groups is 6. The van der Waals surface area contributed by atoms with E-state index in [1.807, 2.05) is 64.2 Å². The second-order valence-corrected chi connectivity index (χ2v) is 19.7. The second kappa shape index (κ2) is 42.5. The Bertz CT molecular complexity index is 1920. The summed E-state index contributed by atoms with van der Waals surface area (Å²) in [5.74, 6) is 7.30. The van der Waals surface area contributed by atoms with Crippen LogP contribution >= 0.6 is 0 Å². The zero-order chi connectivity index (χ0) is 57.4. The minimum atomic E-state index is -0.399. The fourth-order valence-electron chi connectivity index (χ4n) is 9.41. The highest BCUT2D eigenvalue weighted by atomic mass is 16.2. The Kier molecular flexibility index (Phi) is 39.3. The third kappa shape index (κ3) is 27.4. The van der Waals surface area contributed by atoms with E-state index in [-0.39, 0.29) is 36.0 Å². The lowest BCUT2D eigenvalue weighted by atomic mass is 9.84. The van der Waals surface area contributed by atoms with Gasteiger partial charge < -0.3 is 58.1 Å². The summed E-state index contributed by atoms with van der Waals surface area (Å²) < 4.78 is 0. The van der Waals surface area contributed by atoms with Crippen molar-refractivity contribution in [1.82, 2.24) is 36.1 Å². The molecule has 2 aromatic carbocycles. The molecule has 6 unspecified atom stereocenters. The van der Waals surface area contributed by atoms with Crippen LogP contribution in [0.4, 0.5) is 0 Å². The number of hydrazine groups is 1. The molecule has 0 radical (unpaired) electrons. The monoisotopic (exact) mass is 1060 g/mol. The van der Waals surface area contributed by atoms with E-state index < -0.39 is 5.91 Å². The first kappa shape index (κ1) is 70.4. The van der Waals surface area contributed by atoms with E-state index >= 15 is 0 Å². The number of likely N-dealkylation sites (tertiary alicyclic amines) is 2. The fourth-order valence-corrected chi connectivity index (χ4v) is 9.41. The third-order valence-corrected chi connectivity index (χ3v) is 14.0. The highest BCUT2D eigenvalue weighted by molar-refractivity contribution is 5.82. The van der Waals surface area contributed by atoms with E-state index in [1.165, 1.54) is 62.7 Å². The number of hydrogen-bond acceptors (Lipinski definition) is 12.